The molecule has 1 fully saturated rings. The van der Waals surface area contributed by atoms with Crippen molar-refractivity contribution in [2.75, 3.05) is 0 Å². The predicted octanol–water partition coefficient (Wildman–Crippen LogP) is 6.19. The molecule has 0 bridgehead atoms. The van der Waals surface area contributed by atoms with Gasteiger partial charge in [0.25, 0.3) is 0 Å². The van der Waals surface area contributed by atoms with Crippen LogP contribution in [0.5, 0.6) is 0 Å². The van der Waals surface area contributed by atoms with Gasteiger partial charge in [-0.2, -0.15) is 0 Å². The topological polar surface area (TPSA) is 13.1 Å². The highest BCUT2D eigenvalue weighted by Crippen LogP contribution is 2.38. The van der Waals surface area contributed by atoms with Gasteiger partial charge in [0.1, 0.15) is 11.2 Å². The molecule has 2 aromatic carbocycles. The smallest absolute Gasteiger partial charge is 0.135 e. The zero-order valence-electron chi connectivity index (χ0n) is 12.9. The summed E-state index contributed by atoms with van der Waals surface area (Å²) < 4.78 is 6.09. The maximum Gasteiger partial charge on any atom is 0.135 e. The van der Waals surface area contributed by atoms with Gasteiger partial charge < -0.3 is 4.42 Å². The SMILES string of the molecule is Cc1ccc2c(c1)oc1cc(C3CCC(C)CC3)ccc12. The van der Waals surface area contributed by atoms with Crippen LogP contribution in [0.3, 0.4) is 0 Å². The Hall–Kier alpha value is -1.76. The van der Waals surface area contributed by atoms with Crippen molar-refractivity contribution in [2.24, 2.45) is 5.92 Å². The summed E-state index contributed by atoms with van der Waals surface area (Å²) in [4.78, 5) is 0. The molecule has 4 rings (SSSR count). The molecule has 0 unspecified atom stereocenters. The van der Waals surface area contributed by atoms with E-state index in [0.717, 1.165) is 23.0 Å². The van der Waals surface area contributed by atoms with Gasteiger partial charge >= 0.3 is 0 Å². The van der Waals surface area contributed by atoms with Crippen LogP contribution in [-0.2, 0) is 0 Å². The fraction of sp³-hybridized carbons (Fsp3) is 0.400. The largest absolute Gasteiger partial charge is 0.456 e. The van der Waals surface area contributed by atoms with Crippen LogP contribution in [0.2, 0.25) is 0 Å². The van der Waals surface area contributed by atoms with Gasteiger partial charge in [-0.05, 0) is 54.9 Å². The second-order valence-electron chi connectivity index (χ2n) is 6.81. The summed E-state index contributed by atoms with van der Waals surface area (Å²) in [6.45, 7) is 4.49. The van der Waals surface area contributed by atoms with E-state index in [0.29, 0.717) is 0 Å². The van der Waals surface area contributed by atoms with Gasteiger partial charge in [0.05, 0.1) is 0 Å². The third-order valence-corrected chi connectivity index (χ3v) is 5.14. The Kier molecular flexibility index (Phi) is 3.02. The second kappa shape index (κ2) is 4.91. The van der Waals surface area contributed by atoms with Gasteiger partial charge in [-0.25, -0.2) is 0 Å². The lowest BCUT2D eigenvalue weighted by atomic mass is 9.79. The molecule has 1 aliphatic rings. The molecular weight excluding hydrogens is 256 g/mol. The highest BCUT2D eigenvalue weighted by atomic mass is 16.3. The number of hydrogen-bond donors (Lipinski definition) is 0. The molecule has 0 spiro atoms. The van der Waals surface area contributed by atoms with E-state index in [4.69, 9.17) is 4.42 Å². The molecule has 1 aromatic heterocycles. The van der Waals surface area contributed by atoms with Crippen molar-refractivity contribution in [3.05, 3.63) is 47.5 Å². The first-order chi connectivity index (χ1) is 10.2. The Morgan fingerprint density at radius 3 is 2.29 bits per heavy atom. The van der Waals surface area contributed by atoms with E-state index in [9.17, 15) is 0 Å². The van der Waals surface area contributed by atoms with Crippen LogP contribution in [-0.4, -0.2) is 0 Å². The van der Waals surface area contributed by atoms with Crippen molar-refractivity contribution in [1.82, 2.24) is 0 Å². The number of aryl methyl sites for hydroxylation is 1. The Bertz CT molecular complexity index is 788. The van der Waals surface area contributed by atoms with Gasteiger partial charge in [-0.1, -0.05) is 44.0 Å². The van der Waals surface area contributed by atoms with Gasteiger partial charge in [0.2, 0.25) is 0 Å². The van der Waals surface area contributed by atoms with Crippen LogP contribution < -0.4 is 0 Å². The van der Waals surface area contributed by atoms with E-state index in [-0.39, 0.29) is 0 Å². The summed E-state index contributed by atoms with van der Waals surface area (Å²) in [5, 5.41) is 2.48. The van der Waals surface area contributed by atoms with Crippen molar-refractivity contribution < 1.29 is 4.42 Å². The number of benzene rings is 2. The Labute approximate surface area is 126 Å². The lowest BCUT2D eigenvalue weighted by Gasteiger charge is -2.26. The van der Waals surface area contributed by atoms with Crippen LogP contribution in [0.25, 0.3) is 21.9 Å². The molecule has 1 saturated carbocycles. The number of rotatable bonds is 1. The first kappa shape index (κ1) is 12.9. The molecule has 0 saturated heterocycles. The zero-order valence-corrected chi connectivity index (χ0v) is 12.9. The van der Waals surface area contributed by atoms with Crippen LogP contribution in [0.4, 0.5) is 0 Å². The highest BCUT2D eigenvalue weighted by molar-refractivity contribution is 6.05. The molecule has 1 heteroatoms. The fourth-order valence-corrected chi connectivity index (χ4v) is 3.75. The van der Waals surface area contributed by atoms with Crippen molar-refractivity contribution in [1.29, 1.82) is 0 Å². The van der Waals surface area contributed by atoms with Gasteiger partial charge in [-0.3, -0.25) is 0 Å². The van der Waals surface area contributed by atoms with E-state index in [1.165, 1.54) is 47.6 Å². The average molecular weight is 278 g/mol. The van der Waals surface area contributed by atoms with Crippen LogP contribution in [0.15, 0.2) is 40.8 Å². The molecule has 21 heavy (non-hydrogen) atoms. The van der Waals surface area contributed by atoms with Gasteiger partial charge in [0, 0.05) is 10.8 Å². The first-order valence-corrected chi connectivity index (χ1v) is 8.13. The summed E-state index contributed by atoms with van der Waals surface area (Å²) in [6, 6.07) is 13.3. The standard InChI is InChI=1S/C20H22O/c1-13-3-6-15(7-4-13)16-8-10-18-17-9-5-14(2)11-19(17)21-20(18)12-16/h5,8-13,15H,3-4,6-7H2,1-2H3. The van der Waals surface area contributed by atoms with Gasteiger partial charge in [-0.15, -0.1) is 0 Å². The monoisotopic (exact) mass is 278 g/mol. The lowest BCUT2D eigenvalue weighted by molar-refractivity contribution is 0.348. The van der Waals surface area contributed by atoms with E-state index in [2.05, 4.69) is 50.2 Å². The summed E-state index contributed by atoms with van der Waals surface area (Å²) in [6.07, 6.45) is 5.38. The summed E-state index contributed by atoms with van der Waals surface area (Å²) in [5.74, 6) is 1.62. The minimum Gasteiger partial charge on any atom is -0.456 e. The first-order valence-electron chi connectivity index (χ1n) is 8.13. The van der Waals surface area contributed by atoms with Crippen molar-refractivity contribution >= 4 is 21.9 Å². The third-order valence-electron chi connectivity index (χ3n) is 5.14. The molecule has 3 aromatic rings. The van der Waals surface area contributed by atoms with E-state index in [1.54, 1.807) is 0 Å². The van der Waals surface area contributed by atoms with E-state index >= 15 is 0 Å². The Balaban J connectivity index is 1.77. The van der Waals surface area contributed by atoms with Crippen molar-refractivity contribution in [2.45, 2.75) is 45.4 Å². The number of furan rings is 1. The Morgan fingerprint density at radius 1 is 0.857 bits per heavy atom. The number of hydrogen-bond acceptors (Lipinski definition) is 1. The zero-order chi connectivity index (χ0) is 14.4. The number of fused-ring (bicyclic) bond motifs is 3. The summed E-state index contributed by atoms with van der Waals surface area (Å²) >= 11 is 0. The second-order valence-corrected chi connectivity index (χ2v) is 6.81. The molecular formula is C20H22O. The minimum atomic E-state index is 0.723. The predicted molar refractivity (Wildman–Crippen MR) is 88.8 cm³/mol. The molecule has 1 nitrogen and oxygen atoms in total. The molecule has 108 valence electrons. The quantitative estimate of drug-likeness (QED) is 0.517. The maximum atomic E-state index is 6.09. The van der Waals surface area contributed by atoms with Crippen LogP contribution in [0.1, 0.15) is 49.7 Å². The lowest BCUT2D eigenvalue weighted by Crippen LogP contribution is -2.10. The molecule has 1 heterocycles. The molecule has 1 aliphatic carbocycles. The highest BCUT2D eigenvalue weighted by Gasteiger charge is 2.20. The molecule has 0 aliphatic heterocycles. The summed E-state index contributed by atoms with van der Waals surface area (Å²) in [5.41, 5.74) is 4.78. The van der Waals surface area contributed by atoms with E-state index in [1.807, 2.05) is 0 Å². The van der Waals surface area contributed by atoms with Gasteiger partial charge in [0.15, 0.2) is 0 Å². The summed E-state index contributed by atoms with van der Waals surface area (Å²) in [7, 11) is 0. The molecule has 0 amide bonds. The van der Waals surface area contributed by atoms with E-state index < -0.39 is 0 Å². The molecule has 0 N–H and O–H groups in total. The Morgan fingerprint density at radius 2 is 1.52 bits per heavy atom. The van der Waals surface area contributed by atoms with Crippen LogP contribution >= 0.6 is 0 Å². The molecule has 0 radical (unpaired) electrons. The van der Waals surface area contributed by atoms with Crippen molar-refractivity contribution in [3.63, 3.8) is 0 Å². The minimum absolute atomic E-state index is 0.723. The van der Waals surface area contributed by atoms with Crippen molar-refractivity contribution in [3.8, 4) is 0 Å². The normalized spacial score (nSPS) is 23.0. The maximum absolute atomic E-state index is 6.09. The average Bonchev–Trinajstić information content (AvgIpc) is 2.84. The fourth-order valence-electron chi connectivity index (χ4n) is 3.75. The third kappa shape index (κ3) is 2.25. The van der Waals surface area contributed by atoms with Crippen LogP contribution in [0, 0.1) is 12.8 Å². The molecule has 0 atom stereocenters.